The van der Waals surface area contributed by atoms with Gasteiger partial charge in [0.05, 0.1) is 7.11 Å². The van der Waals surface area contributed by atoms with E-state index in [0.717, 1.165) is 18.4 Å². The van der Waals surface area contributed by atoms with E-state index in [9.17, 15) is 9.59 Å². The average Bonchev–Trinajstić information content (AvgIpc) is 2.83. The number of rotatable bonds is 4. The van der Waals surface area contributed by atoms with Gasteiger partial charge in [0.15, 0.2) is 0 Å². The molecule has 2 aliphatic rings. The van der Waals surface area contributed by atoms with Crippen LogP contribution in [-0.2, 0) is 19.1 Å². The minimum atomic E-state index is -0.418. The highest BCUT2D eigenvalue weighted by Gasteiger charge is 2.50. The molecule has 0 N–H and O–H groups in total. The van der Waals surface area contributed by atoms with Crippen LogP contribution in [-0.4, -0.2) is 49.2 Å². The molecule has 2 aliphatic heterocycles. The number of methoxy groups -OCH3 is 1. The number of carbonyl (C=O) groups excluding carboxylic acids is 2. The van der Waals surface area contributed by atoms with E-state index in [4.69, 9.17) is 9.47 Å². The zero-order valence-corrected chi connectivity index (χ0v) is 14.1. The number of benzene rings is 1. The minimum absolute atomic E-state index is 0.0899. The van der Waals surface area contributed by atoms with Crippen LogP contribution in [0.4, 0.5) is 0 Å². The van der Waals surface area contributed by atoms with Gasteiger partial charge in [-0.25, -0.2) is 4.79 Å². The third-order valence-electron chi connectivity index (χ3n) is 5.17. The molecule has 1 aromatic rings. The van der Waals surface area contributed by atoms with E-state index in [1.807, 2.05) is 37.4 Å². The molecule has 1 aromatic carbocycles. The summed E-state index contributed by atoms with van der Waals surface area (Å²) in [6.45, 7) is 0. The Labute approximate surface area is 142 Å². The third kappa shape index (κ3) is 3.36. The average molecular weight is 329 g/mol. The maximum atomic E-state index is 12.2. The zero-order chi connectivity index (χ0) is 17.1. The van der Waals surface area contributed by atoms with Crippen molar-refractivity contribution in [3.63, 3.8) is 0 Å². The van der Waals surface area contributed by atoms with Crippen molar-refractivity contribution in [3.05, 3.63) is 42.0 Å². The van der Waals surface area contributed by atoms with Crippen LogP contribution in [0.5, 0.6) is 0 Å². The Morgan fingerprint density at radius 3 is 2.67 bits per heavy atom. The predicted octanol–water partition coefficient (Wildman–Crippen LogP) is 2.27. The number of hydrogen-bond acceptors (Lipinski definition) is 5. The highest BCUT2D eigenvalue weighted by molar-refractivity contribution is 5.87. The third-order valence-corrected chi connectivity index (χ3v) is 5.17. The first-order valence-electron chi connectivity index (χ1n) is 8.33. The smallest absolute Gasteiger partial charge is 0.331 e. The van der Waals surface area contributed by atoms with Crippen LogP contribution >= 0.6 is 0 Å². The lowest BCUT2D eigenvalue weighted by Crippen LogP contribution is -2.53. The number of esters is 2. The molecule has 0 aromatic heterocycles. The molecule has 4 atom stereocenters. The Hall–Kier alpha value is -2.14. The standard InChI is InChI=1S/C19H23NO4/c1-20-14-9-10-15(20)18(19(22)23-2)16(12-14)24-17(21)11-8-13-6-4-3-5-7-13/h3-8,11,14-16,18H,9-10,12H2,1-2H3/b11-8+/t14?,15?,16-,18+/m0/s1. The van der Waals surface area contributed by atoms with Crippen LogP contribution in [0.15, 0.2) is 36.4 Å². The summed E-state index contributed by atoms with van der Waals surface area (Å²) in [5.74, 6) is -1.12. The van der Waals surface area contributed by atoms with Crippen LogP contribution < -0.4 is 0 Å². The number of fused-ring (bicyclic) bond motifs is 2. The van der Waals surface area contributed by atoms with Crippen molar-refractivity contribution in [2.75, 3.05) is 14.2 Å². The zero-order valence-electron chi connectivity index (χ0n) is 14.1. The second kappa shape index (κ2) is 7.18. The summed E-state index contributed by atoms with van der Waals surface area (Å²) in [4.78, 5) is 26.6. The molecule has 24 heavy (non-hydrogen) atoms. The number of hydrogen-bond donors (Lipinski definition) is 0. The Bertz CT molecular complexity index is 628. The van der Waals surface area contributed by atoms with Gasteiger partial charge in [0.2, 0.25) is 0 Å². The van der Waals surface area contributed by atoms with Crippen molar-refractivity contribution in [2.45, 2.75) is 37.5 Å². The quantitative estimate of drug-likeness (QED) is 0.626. The second-order valence-corrected chi connectivity index (χ2v) is 6.47. The normalized spacial score (nSPS) is 29.6. The van der Waals surface area contributed by atoms with Gasteiger partial charge >= 0.3 is 11.9 Å². The molecule has 5 nitrogen and oxygen atoms in total. The molecule has 2 bridgehead atoms. The summed E-state index contributed by atoms with van der Waals surface area (Å²) in [5.41, 5.74) is 0.933. The Morgan fingerprint density at radius 2 is 1.96 bits per heavy atom. The predicted molar refractivity (Wildman–Crippen MR) is 90.1 cm³/mol. The minimum Gasteiger partial charge on any atom is -0.469 e. The molecule has 5 heteroatoms. The van der Waals surface area contributed by atoms with Gasteiger partial charge in [-0.2, -0.15) is 0 Å². The number of ether oxygens (including phenoxy) is 2. The van der Waals surface area contributed by atoms with E-state index in [1.54, 1.807) is 6.08 Å². The van der Waals surface area contributed by atoms with E-state index in [1.165, 1.54) is 13.2 Å². The summed E-state index contributed by atoms with van der Waals surface area (Å²) < 4.78 is 10.6. The molecule has 2 fully saturated rings. The molecule has 0 radical (unpaired) electrons. The van der Waals surface area contributed by atoms with Crippen LogP contribution in [0, 0.1) is 5.92 Å². The maximum Gasteiger partial charge on any atom is 0.331 e. The van der Waals surface area contributed by atoms with E-state index in [-0.39, 0.29) is 12.0 Å². The maximum absolute atomic E-state index is 12.2. The van der Waals surface area contributed by atoms with Gasteiger partial charge in [0.1, 0.15) is 12.0 Å². The molecule has 0 saturated carbocycles. The van der Waals surface area contributed by atoms with E-state index < -0.39 is 18.0 Å². The summed E-state index contributed by atoms with van der Waals surface area (Å²) in [6.07, 6.45) is 5.37. The largest absolute Gasteiger partial charge is 0.469 e. The first-order valence-corrected chi connectivity index (χ1v) is 8.33. The Balaban J connectivity index is 1.69. The van der Waals surface area contributed by atoms with Gasteiger partial charge in [-0.1, -0.05) is 30.3 Å². The van der Waals surface area contributed by atoms with Gasteiger partial charge in [-0.3, -0.25) is 9.69 Å². The fourth-order valence-electron chi connectivity index (χ4n) is 3.90. The van der Waals surface area contributed by atoms with Crippen LogP contribution in [0.3, 0.4) is 0 Å². The lowest BCUT2D eigenvalue weighted by molar-refractivity contribution is -0.165. The van der Waals surface area contributed by atoms with Crippen LogP contribution in [0.1, 0.15) is 24.8 Å². The molecule has 2 heterocycles. The van der Waals surface area contributed by atoms with Crippen molar-refractivity contribution in [1.82, 2.24) is 4.90 Å². The molecular formula is C19H23NO4. The van der Waals surface area contributed by atoms with Crippen molar-refractivity contribution in [1.29, 1.82) is 0 Å². The summed E-state index contributed by atoms with van der Waals surface area (Å²) >= 11 is 0. The molecule has 2 unspecified atom stereocenters. The number of piperidine rings is 1. The molecule has 0 aliphatic carbocycles. The van der Waals surface area contributed by atoms with Gasteiger partial charge in [0.25, 0.3) is 0 Å². The highest BCUT2D eigenvalue weighted by Crippen LogP contribution is 2.40. The fraction of sp³-hybridized carbons (Fsp3) is 0.474. The van der Waals surface area contributed by atoms with Crippen molar-refractivity contribution >= 4 is 18.0 Å². The Morgan fingerprint density at radius 1 is 1.21 bits per heavy atom. The second-order valence-electron chi connectivity index (χ2n) is 6.47. The van der Waals surface area contributed by atoms with Crippen LogP contribution in [0.25, 0.3) is 6.08 Å². The highest BCUT2D eigenvalue weighted by atomic mass is 16.6. The summed E-state index contributed by atoms with van der Waals surface area (Å²) in [6, 6.07) is 10.0. The van der Waals surface area contributed by atoms with Gasteiger partial charge in [0, 0.05) is 24.6 Å². The Kier molecular flexibility index (Phi) is 5.00. The van der Waals surface area contributed by atoms with E-state index in [0.29, 0.717) is 12.5 Å². The van der Waals surface area contributed by atoms with E-state index >= 15 is 0 Å². The van der Waals surface area contributed by atoms with Crippen molar-refractivity contribution in [2.24, 2.45) is 5.92 Å². The molecule has 3 rings (SSSR count). The van der Waals surface area contributed by atoms with Gasteiger partial charge in [-0.15, -0.1) is 0 Å². The molecule has 128 valence electrons. The van der Waals surface area contributed by atoms with Crippen molar-refractivity contribution in [3.8, 4) is 0 Å². The molecule has 0 amide bonds. The molecule has 0 spiro atoms. The lowest BCUT2D eigenvalue weighted by Gasteiger charge is -2.40. The van der Waals surface area contributed by atoms with E-state index in [2.05, 4.69) is 4.90 Å². The summed E-state index contributed by atoms with van der Waals surface area (Å²) in [7, 11) is 3.42. The van der Waals surface area contributed by atoms with Gasteiger partial charge in [-0.05, 0) is 31.5 Å². The fourth-order valence-corrected chi connectivity index (χ4v) is 3.90. The lowest BCUT2D eigenvalue weighted by atomic mass is 9.87. The van der Waals surface area contributed by atoms with Crippen LogP contribution in [0.2, 0.25) is 0 Å². The number of nitrogens with zero attached hydrogens (tertiary/aromatic N) is 1. The molecular weight excluding hydrogens is 306 g/mol. The first-order chi connectivity index (χ1) is 11.6. The van der Waals surface area contributed by atoms with Gasteiger partial charge < -0.3 is 9.47 Å². The van der Waals surface area contributed by atoms with Crippen molar-refractivity contribution < 1.29 is 19.1 Å². The SMILES string of the molecule is COC(=O)[C@@H]1C2CCC(C[C@@H]1OC(=O)/C=C/c1ccccc1)N2C. The molecule has 2 saturated heterocycles. The topological polar surface area (TPSA) is 55.8 Å². The first kappa shape index (κ1) is 16.7. The number of carbonyl (C=O) groups is 2. The summed E-state index contributed by atoms with van der Waals surface area (Å²) in [5, 5.41) is 0. The monoisotopic (exact) mass is 329 g/mol.